The van der Waals surface area contributed by atoms with Gasteiger partial charge in [0.25, 0.3) is 0 Å². The number of benzene rings is 1. The molecule has 0 heterocycles. The van der Waals surface area contributed by atoms with Crippen molar-refractivity contribution in [3.05, 3.63) is 29.3 Å². The van der Waals surface area contributed by atoms with E-state index < -0.39 is 11.7 Å². The molecule has 0 unspecified atom stereocenters. The van der Waals surface area contributed by atoms with Crippen molar-refractivity contribution in [2.75, 3.05) is 7.11 Å². The van der Waals surface area contributed by atoms with Gasteiger partial charge in [-0.25, -0.2) is 0 Å². The molecule has 2 nitrogen and oxygen atoms in total. The summed E-state index contributed by atoms with van der Waals surface area (Å²) < 4.78 is 42.8. The fourth-order valence-electron chi connectivity index (χ4n) is 1.96. The lowest BCUT2D eigenvalue weighted by molar-refractivity contribution is -0.137. The number of halogens is 4. The van der Waals surface area contributed by atoms with Crippen molar-refractivity contribution < 1.29 is 17.9 Å². The van der Waals surface area contributed by atoms with Gasteiger partial charge >= 0.3 is 6.18 Å². The van der Waals surface area contributed by atoms with E-state index in [1.165, 1.54) is 13.2 Å². The van der Waals surface area contributed by atoms with Crippen LogP contribution in [-0.2, 0) is 6.18 Å². The first kappa shape index (κ1) is 19.1. The summed E-state index contributed by atoms with van der Waals surface area (Å²) in [6.45, 7) is 2.09. The molecule has 0 spiro atoms. The molecular formula is C14H21ClF3NO. The zero-order chi connectivity index (χ0) is 14.5. The van der Waals surface area contributed by atoms with Crippen LogP contribution in [0.4, 0.5) is 13.2 Å². The molecule has 6 heteroatoms. The monoisotopic (exact) mass is 311 g/mol. The van der Waals surface area contributed by atoms with Crippen LogP contribution in [0.3, 0.4) is 0 Å². The van der Waals surface area contributed by atoms with Crippen LogP contribution in [0.15, 0.2) is 18.2 Å². The highest BCUT2D eigenvalue weighted by Crippen LogP contribution is 2.35. The SMILES string of the molecule is CCCCC[C@H](N)c1ccc(C(F)(F)F)cc1OC.Cl. The summed E-state index contributed by atoms with van der Waals surface area (Å²) in [6, 6.07) is 3.19. The minimum atomic E-state index is -4.36. The predicted octanol–water partition coefficient (Wildman–Crippen LogP) is 4.72. The second-order valence-corrected chi connectivity index (χ2v) is 4.56. The normalized spacial score (nSPS) is 12.7. The zero-order valence-corrected chi connectivity index (χ0v) is 12.5. The highest BCUT2D eigenvalue weighted by atomic mass is 35.5. The van der Waals surface area contributed by atoms with Crippen molar-refractivity contribution >= 4 is 12.4 Å². The van der Waals surface area contributed by atoms with Gasteiger partial charge in [0, 0.05) is 11.6 Å². The third kappa shape index (κ3) is 5.21. The molecule has 0 aliphatic carbocycles. The van der Waals surface area contributed by atoms with Crippen molar-refractivity contribution in [2.24, 2.45) is 5.73 Å². The van der Waals surface area contributed by atoms with Gasteiger partial charge in [0.15, 0.2) is 0 Å². The van der Waals surface area contributed by atoms with Crippen LogP contribution < -0.4 is 10.5 Å². The summed E-state index contributed by atoms with van der Waals surface area (Å²) in [6.07, 6.45) is -0.511. The molecule has 0 aliphatic rings. The van der Waals surface area contributed by atoms with E-state index in [1.807, 2.05) is 0 Å². The van der Waals surface area contributed by atoms with Gasteiger partial charge in [-0.2, -0.15) is 13.2 Å². The van der Waals surface area contributed by atoms with Crippen LogP contribution in [-0.4, -0.2) is 7.11 Å². The molecule has 1 aromatic carbocycles. The smallest absolute Gasteiger partial charge is 0.416 e. The van der Waals surface area contributed by atoms with E-state index in [9.17, 15) is 13.2 Å². The van der Waals surface area contributed by atoms with Crippen LogP contribution in [0.25, 0.3) is 0 Å². The first-order valence-electron chi connectivity index (χ1n) is 6.40. The minimum Gasteiger partial charge on any atom is -0.496 e. The fourth-order valence-corrected chi connectivity index (χ4v) is 1.96. The largest absolute Gasteiger partial charge is 0.496 e. The highest BCUT2D eigenvalue weighted by molar-refractivity contribution is 5.85. The van der Waals surface area contributed by atoms with Crippen molar-refractivity contribution in [1.29, 1.82) is 0 Å². The molecule has 0 saturated carbocycles. The number of unbranched alkanes of at least 4 members (excludes halogenated alkanes) is 2. The number of alkyl halides is 3. The van der Waals surface area contributed by atoms with Crippen LogP contribution >= 0.6 is 12.4 Å². The second-order valence-electron chi connectivity index (χ2n) is 4.56. The van der Waals surface area contributed by atoms with Gasteiger partial charge in [-0.05, 0) is 18.6 Å². The Morgan fingerprint density at radius 1 is 1.25 bits per heavy atom. The van der Waals surface area contributed by atoms with E-state index in [-0.39, 0.29) is 24.2 Å². The lowest BCUT2D eigenvalue weighted by Gasteiger charge is -2.17. The lowest BCUT2D eigenvalue weighted by atomic mass is 9.99. The van der Waals surface area contributed by atoms with Gasteiger partial charge in [0.1, 0.15) is 5.75 Å². The predicted molar refractivity (Wildman–Crippen MR) is 76.3 cm³/mol. The van der Waals surface area contributed by atoms with Gasteiger partial charge in [0.2, 0.25) is 0 Å². The van der Waals surface area contributed by atoms with Crippen LogP contribution in [0.1, 0.15) is 49.8 Å². The third-order valence-corrected chi connectivity index (χ3v) is 3.08. The molecule has 1 rings (SSSR count). The Morgan fingerprint density at radius 2 is 1.90 bits per heavy atom. The van der Waals surface area contributed by atoms with E-state index in [0.29, 0.717) is 5.56 Å². The number of methoxy groups -OCH3 is 1. The van der Waals surface area contributed by atoms with Gasteiger partial charge in [-0.1, -0.05) is 32.3 Å². The molecular weight excluding hydrogens is 291 g/mol. The van der Waals surface area contributed by atoms with E-state index in [2.05, 4.69) is 6.92 Å². The Morgan fingerprint density at radius 3 is 2.40 bits per heavy atom. The van der Waals surface area contributed by atoms with Crippen LogP contribution in [0.2, 0.25) is 0 Å². The number of hydrogen-bond acceptors (Lipinski definition) is 2. The maximum Gasteiger partial charge on any atom is 0.416 e. The molecule has 0 bridgehead atoms. The number of nitrogens with two attached hydrogens (primary N) is 1. The Labute approximate surface area is 123 Å². The number of hydrogen-bond donors (Lipinski definition) is 1. The summed E-state index contributed by atoms with van der Waals surface area (Å²) in [5, 5.41) is 0. The maximum absolute atomic E-state index is 12.6. The molecule has 0 aliphatic heterocycles. The van der Waals surface area contributed by atoms with Crippen molar-refractivity contribution in [1.82, 2.24) is 0 Å². The Kier molecular flexibility index (Phi) is 7.98. The average Bonchev–Trinajstić information content (AvgIpc) is 2.37. The maximum atomic E-state index is 12.6. The molecule has 0 amide bonds. The minimum absolute atomic E-state index is 0. The van der Waals surface area contributed by atoms with Gasteiger partial charge in [0.05, 0.1) is 12.7 Å². The van der Waals surface area contributed by atoms with Crippen molar-refractivity contribution in [3.63, 3.8) is 0 Å². The molecule has 1 atom stereocenters. The highest BCUT2D eigenvalue weighted by Gasteiger charge is 2.31. The molecule has 0 radical (unpaired) electrons. The standard InChI is InChI=1S/C14H20F3NO.ClH/c1-3-4-5-6-12(18)11-8-7-10(14(15,16)17)9-13(11)19-2;/h7-9,12H,3-6,18H2,1-2H3;1H/t12-;/m0./s1. The molecule has 0 saturated heterocycles. The van der Waals surface area contributed by atoms with Gasteiger partial charge < -0.3 is 10.5 Å². The van der Waals surface area contributed by atoms with Crippen molar-refractivity contribution in [2.45, 2.75) is 44.8 Å². The van der Waals surface area contributed by atoms with Crippen molar-refractivity contribution in [3.8, 4) is 5.75 Å². The quantitative estimate of drug-likeness (QED) is 0.772. The number of ether oxygens (including phenoxy) is 1. The zero-order valence-electron chi connectivity index (χ0n) is 11.7. The summed E-state index contributed by atoms with van der Waals surface area (Å²) in [4.78, 5) is 0. The summed E-state index contributed by atoms with van der Waals surface area (Å²) >= 11 is 0. The Hall–Kier alpha value is -0.940. The molecule has 2 N–H and O–H groups in total. The lowest BCUT2D eigenvalue weighted by Crippen LogP contribution is -2.13. The summed E-state index contributed by atoms with van der Waals surface area (Å²) in [5.74, 6) is 0.207. The fraction of sp³-hybridized carbons (Fsp3) is 0.571. The number of rotatable bonds is 6. The van der Waals surface area contributed by atoms with Gasteiger partial charge in [-0.3, -0.25) is 0 Å². The van der Waals surface area contributed by atoms with E-state index in [1.54, 1.807) is 0 Å². The molecule has 0 aromatic heterocycles. The molecule has 1 aromatic rings. The molecule has 116 valence electrons. The van der Waals surface area contributed by atoms with Gasteiger partial charge in [-0.15, -0.1) is 12.4 Å². The first-order chi connectivity index (χ1) is 8.90. The van der Waals surface area contributed by atoms with E-state index in [0.717, 1.165) is 37.8 Å². The third-order valence-electron chi connectivity index (χ3n) is 3.08. The molecule has 20 heavy (non-hydrogen) atoms. The van der Waals surface area contributed by atoms with E-state index >= 15 is 0 Å². The first-order valence-corrected chi connectivity index (χ1v) is 6.40. The van der Waals surface area contributed by atoms with E-state index in [4.69, 9.17) is 10.5 Å². The van der Waals surface area contributed by atoms with Crippen LogP contribution in [0, 0.1) is 0 Å². The second kappa shape index (κ2) is 8.37. The Bertz CT molecular complexity index is 410. The van der Waals surface area contributed by atoms with Crippen LogP contribution in [0.5, 0.6) is 5.75 Å². The average molecular weight is 312 g/mol. The summed E-state index contributed by atoms with van der Waals surface area (Å²) in [7, 11) is 1.36. The summed E-state index contributed by atoms with van der Waals surface area (Å²) in [5.41, 5.74) is 5.93. The topological polar surface area (TPSA) is 35.2 Å². The molecule has 0 fully saturated rings. The Balaban J connectivity index is 0.00000361.